The van der Waals surface area contributed by atoms with Gasteiger partial charge in [-0.3, -0.25) is 13.8 Å². The van der Waals surface area contributed by atoms with Gasteiger partial charge in [-0.2, -0.15) is 0 Å². The van der Waals surface area contributed by atoms with E-state index < -0.39 is 20.0 Å². The number of carbonyl (C=O) groups excluding carboxylic acids is 1. The molecule has 0 aromatic heterocycles. The minimum atomic E-state index is -4.36. The lowest BCUT2D eigenvalue weighted by Crippen LogP contribution is -2.45. The molecule has 444 valence electrons. The highest BCUT2D eigenvalue weighted by molar-refractivity contribution is 7.47. The molecule has 0 aliphatic carbocycles. The van der Waals surface area contributed by atoms with Crippen molar-refractivity contribution in [3.63, 3.8) is 0 Å². The van der Waals surface area contributed by atoms with Crippen molar-refractivity contribution in [1.29, 1.82) is 0 Å². The number of hydrogen-bond donors (Lipinski definition) is 3. The van der Waals surface area contributed by atoms with E-state index >= 15 is 0 Å². The number of aliphatic hydroxyl groups excluding tert-OH is 1. The zero-order valence-corrected chi connectivity index (χ0v) is 51.7. The summed E-state index contributed by atoms with van der Waals surface area (Å²) in [5, 5.41) is 14.0. The van der Waals surface area contributed by atoms with Gasteiger partial charge in [-0.25, -0.2) is 4.57 Å². The summed E-state index contributed by atoms with van der Waals surface area (Å²) in [5.74, 6) is -0.181. The average Bonchev–Trinajstić information content (AvgIpc) is 3.37. The molecule has 0 saturated heterocycles. The standard InChI is InChI=1S/C66H129N2O6P/c1-6-8-10-12-14-16-18-20-22-24-26-28-30-31-32-33-34-35-36-37-38-40-42-44-46-48-50-52-54-56-58-60-66(70)67-64(63-74-75(71,72)73-62-61-68(3,4)5)65(69)59-57-55-53-51-49-47-45-43-41-39-29-27-25-23-21-19-17-15-13-11-9-7-2/h31-32,49,51,57,59,64-65,69H,6-30,33-48,50,52-56,58,60-63H2,1-5H3,(H-,67,70,71,72)/p+1/b32-31-,51-49+,59-57+. The van der Waals surface area contributed by atoms with Gasteiger partial charge in [0.05, 0.1) is 39.9 Å². The van der Waals surface area contributed by atoms with Gasteiger partial charge in [0.1, 0.15) is 13.2 Å². The van der Waals surface area contributed by atoms with Gasteiger partial charge in [-0.05, 0) is 57.8 Å². The van der Waals surface area contributed by atoms with E-state index in [2.05, 4.69) is 43.5 Å². The molecule has 0 radical (unpaired) electrons. The molecule has 0 aliphatic rings. The van der Waals surface area contributed by atoms with E-state index in [-0.39, 0.29) is 19.1 Å². The van der Waals surface area contributed by atoms with Gasteiger partial charge in [0.15, 0.2) is 0 Å². The van der Waals surface area contributed by atoms with E-state index in [4.69, 9.17) is 9.05 Å². The van der Waals surface area contributed by atoms with E-state index in [0.717, 1.165) is 38.5 Å². The molecular weight excluding hydrogens is 948 g/mol. The maximum atomic E-state index is 13.0. The van der Waals surface area contributed by atoms with Crippen molar-refractivity contribution < 1.29 is 32.9 Å². The van der Waals surface area contributed by atoms with Crippen LogP contribution in [0.1, 0.15) is 328 Å². The Morgan fingerprint density at radius 2 is 0.733 bits per heavy atom. The molecule has 0 rings (SSSR count). The van der Waals surface area contributed by atoms with Crippen LogP contribution in [0.4, 0.5) is 0 Å². The number of quaternary nitrogens is 1. The lowest BCUT2D eigenvalue weighted by atomic mass is 10.0. The quantitative estimate of drug-likeness (QED) is 0.0243. The predicted octanol–water partition coefficient (Wildman–Crippen LogP) is 20.5. The molecular formula is C66H130N2O6P+. The number of likely N-dealkylation sites (N-methyl/N-ethyl adjacent to an activating group) is 1. The first-order valence-corrected chi connectivity index (χ1v) is 34.4. The number of nitrogens with zero attached hydrogens (tertiary/aromatic N) is 1. The smallest absolute Gasteiger partial charge is 0.387 e. The van der Waals surface area contributed by atoms with Gasteiger partial charge >= 0.3 is 7.82 Å². The Hall–Kier alpha value is -1.28. The number of rotatable bonds is 61. The summed E-state index contributed by atoms with van der Waals surface area (Å²) in [5.41, 5.74) is 0. The molecule has 0 heterocycles. The molecule has 3 N–H and O–H groups in total. The molecule has 9 heteroatoms. The SMILES string of the molecule is CCCCCCCCCCCCCC/C=C\CCCCCCCCCCCCCCCCCC(=O)NC(COP(=O)(O)OCC[N+](C)(C)C)C(O)/C=C/CC/C=C/CCCCCCCCCCCCCCCCCC. The molecule has 75 heavy (non-hydrogen) atoms. The first-order valence-electron chi connectivity index (χ1n) is 32.9. The molecule has 3 atom stereocenters. The highest BCUT2D eigenvalue weighted by Gasteiger charge is 2.28. The average molecular weight is 1080 g/mol. The Kier molecular flexibility index (Phi) is 56.4. The van der Waals surface area contributed by atoms with E-state index in [1.54, 1.807) is 6.08 Å². The third-order valence-corrected chi connectivity index (χ3v) is 16.1. The molecule has 0 aromatic carbocycles. The van der Waals surface area contributed by atoms with Crippen LogP contribution in [0.5, 0.6) is 0 Å². The Labute approximate surface area is 467 Å². The van der Waals surface area contributed by atoms with Crippen molar-refractivity contribution in [2.75, 3.05) is 40.9 Å². The van der Waals surface area contributed by atoms with E-state index in [1.807, 2.05) is 27.2 Å². The summed E-state index contributed by atoms with van der Waals surface area (Å²) in [4.78, 5) is 23.4. The van der Waals surface area contributed by atoms with Crippen LogP contribution in [-0.4, -0.2) is 73.4 Å². The number of nitrogens with one attached hydrogen (secondary N) is 1. The molecule has 0 saturated carbocycles. The number of carbonyl (C=O) groups is 1. The third-order valence-electron chi connectivity index (χ3n) is 15.1. The van der Waals surface area contributed by atoms with E-state index in [1.165, 1.54) is 270 Å². The van der Waals surface area contributed by atoms with Crippen molar-refractivity contribution in [3.05, 3.63) is 36.5 Å². The fourth-order valence-electron chi connectivity index (χ4n) is 9.94. The highest BCUT2D eigenvalue weighted by Crippen LogP contribution is 2.43. The van der Waals surface area contributed by atoms with Crippen LogP contribution in [0.3, 0.4) is 0 Å². The van der Waals surface area contributed by atoms with Crippen LogP contribution in [0, 0.1) is 0 Å². The van der Waals surface area contributed by atoms with Crippen LogP contribution < -0.4 is 5.32 Å². The fourth-order valence-corrected chi connectivity index (χ4v) is 10.7. The molecule has 0 fully saturated rings. The van der Waals surface area contributed by atoms with Crippen molar-refractivity contribution in [2.24, 2.45) is 0 Å². The predicted molar refractivity (Wildman–Crippen MR) is 328 cm³/mol. The summed E-state index contributed by atoms with van der Waals surface area (Å²) < 4.78 is 23.8. The van der Waals surface area contributed by atoms with Crippen molar-refractivity contribution in [1.82, 2.24) is 5.32 Å². The van der Waals surface area contributed by atoms with Gasteiger partial charge in [0, 0.05) is 6.42 Å². The number of allylic oxidation sites excluding steroid dienone is 5. The molecule has 0 aliphatic heterocycles. The molecule has 0 bridgehead atoms. The lowest BCUT2D eigenvalue weighted by Gasteiger charge is -2.25. The van der Waals surface area contributed by atoms with Crippen LogP contribution in [-0.2, 0) is 18.4 Å². The second-order valence-corrected chi connectivity index (χ2v) is 25.3. The Bertz CT molecular complexity index is 1320. The second-order valence-electron chi connectivity index (χ2n) is 23.8. The normalized spacial score (nSPS) is 14.0. The molecule has 8 nitrogen and oxygen atoms in total. The molecule has 0 aromatic rings. The number of hydrogen-bond acceptors (Lipinski definition) is 5. The summed E-state index contributed by atoms with van der Waals surface area (Å²) in [6, 6.07) is -0.863. The van der Waals surface area contributed by atoms with Crippen LogP contribution in [0.25, 0.3) is 0 Å². The van der Waals surface area contributed by atoms with Crippen molar-refractivity contribution in [3.8, 4) is 0 Å². The maximum absolute atomic E-state index is 13.0. The zero-order chi connectivity index (χ0) is 54.9. The number of unbranched alkanes of at least 4 members (excludes halogenated alkanes) is 44. The fraction of sp³-hybridized carbons (Fsp3) is 0.894. The maximum Gasteiger partial charge on any atom is 0.472 e. The minimum Gasteiger partial charge on any atom is -0.387 e. The van der Waals surface area contributed by atoms with E-state index in [0.29, 0.717) is 17.4 Å². The number of phosphoric acid groups is 1. The number of aliphatic hydroxyl groups is 1. The highest BCUT2D eigenvalue weighted by atomic mass is 31.2. The van der Waals surface area contributed by atoms with Gasteiger partial charge in [-0.15, -0.1) is 0 Å². The zero-order valence-electron chi connectivity index (χ0n) is 50.8. The largest absolute Gasteiger partial charge is 0.472 e. The molecule has 1 amide bonds. The van der Waals surface area contributed by atoms with Crippen LogP contribution in [0.15, 0.2) is 36.5 Å². The van der Waals surface area contributed by atoms with Crippen molar-refractivity contribution >= 4 is 13.7 Å². The first kappa shape index (κ1) is 73.7. The lowest BCUT2D eigenvalue weighted by molar-refractivity contribution is -0.870. The summed E-state index contributed by atoms with van der Waals surface area (Å²) in [6.45, 7) is 4.85. The molecule has 0 spiro atoms. The summed E-state index contributed by atoms with van der Waals surface area (Å²) in [7, 11) is 1.57. The Balaban J connectivity index is 4.10. The Morgan fingerprint density at radius 3 is 1.07 bits per heavy atom. The number of amides is 1. The topological polar surface area (TPSA) is 105 Å². The third kappa shape index (κ3) is 60.2. The Morgan fingerprint density at radius 1 is 0.440 bits per heavy atom. The van der Waals surface area contributed by atoms with Gasteiger partial charge in [-0.1, -0.05) is 301 Å². The van der Waals surface area contributed by atoms with Gasteiger partial charge < -0.3 is 19.8 Å². The van der Waals surface area contributed by atoms with Crippen LogP contribution >= 0.6 is 7.82 Å². The first-order chi connectivity index (χ1) is 36.5. The number of phosphoric ester groups is 1. The van der Waals surface area contributed by atoms with E-state index in [9.17, 15) is 19.4 Å². The monoisotopic (exact) mass is 1080 g/mol. The summed E-state index contributed by atoms with van der Waals surface area (Å²) >= 11 is 0. The second kappa shape index (κ2) is 57.4. The minimum absolute atomic E-state index is 0.0576. The van der Waals surface area contributed by atoms with Gasteiger partial charge in [0.2, 0.25) is 5.91 Å². The van der Waals surface area contributed by atoms with Gasteiger partial charge in [0.25, 0.3) is 0 Å². The van der Waals surface area contributed by atoms with Crippen LogP contribution in [0.2, 0.25) is 0 Å². The summed E-state index contributed by atoms with van der Waals surface area (Å²) in [6.07, 6.45) is 75.7. The molecule has 3 unspecified atom stereocenters. The van der Waals surface area contributed by atoms with Crippen molar-refractivity contribution in [2.45, 2.75) is 341 Å².